The number of aryl methyl sites for hydroxylation is 1. The summed E-state index contributed by atoms with van der Waals surface area (Å²) in [5.41, 5.74) is 5.64. The van der Waals surface area contributed by atoms with Crippen LogP contribution in [0, 0.1) is 12.8 Å². The van der Waals surface area contributed by atoms with Crippen molar-refractivity contribution in [2.24, 2.45) is 5.92 Å². The van der Waals surface area contributed by atoms with Crippen molar-refractivity contribution in [1.29, 1.82) is 0 Å². The van der Waals surface area contributed by atoms with E-state index >= 15 is 0 Å². The topological polar surface area (TPSA) is 51.1 Å². The van der Waals surface area contributed by atoms with Gasteiger partial charge in [-0.25, -0.2) is 0 Å². The molecule has 0 bridgehead atoms. The van der Waals surface area contributed by atoms with Crippen LogP contribution >= 0.6 is 15.9 Å². The van der Waals surface area contributed by atoms with Crippen molar-refractivity contribution in [3.63, 3.8) is 0 Å². The molecule has 0 saturated heterocycles. The number of aromatic nitrogens is 1. The molecule has 1 unspecified atom stereocenters. The third-order valence-corrected chi connectivity index (χ3v) is 6.44. The molecule has 0 aliphatic heterocycles. The molecule has 0 spiro atoms. The standard InChI is InChI=1S/C25H31BrN2O2/c1-7-16(5)19-8-15(4)9-23(29)21(19)12-27-25(30)20-10-18(26)11-22-24(20)17(6)13-28(22)14(2)3/h8,10-11,13-14,16H,7,9,12H2,1-6H3,(H,27,30). The third-order valence-electron chi connectivity index (χ3n) is 5.98. The van der Waals surface area contributed by atoms with E-state index in [9.17, 15) is 9.59 Å². The number of allylic oxidation sites excluding steroid dienone is 3. The van der Waals surface area contributed by atoms with Crippen molar-refractivity contribution in [2.75, 3.05) is 6.54 Å². The Hall–Kier alpha value is -2.14. The molecule has 5 heteroatoms. The lowest BCUT2D eigenvalue weighted by molar-refractivity contribution is -0.115. The van der Waals surface area contributed by atoms with Gasteiger partial charge in [0.15, 0.2) is 5.78 Å². The first-order chi connectivity index (χ1) is 14.1. The zero-order valence-electron chi connectivity index (χ0n) is 18.7. The molecule has 1 atom stereocenters. The summed E-state index contributed by atoms with van der Waals surface area (Å²) >= 11 is 3.56. The Morgan fingerprint density at radius 1 is 1.23 bits per heavy atom. The van der Waals surface area contributed by atoms with Gasteiger partial charge in [-0.1, -0.05) is 41.4 Å². The number of fused-ring (bicyclic) bond motifs is 1. The monoisotopic (exact) mass is 470 g/mol. The number of hydrogen-bond acceptors (Lipinski definition) is 2. The fraction of sp³-hybridized carbons (Fsp3) is 0.440. The average Bonchev–Trinajstić information content (AvgIpc) is 3.01. The number of rotatable bonds is 6. The minimum absolute atomic E-state index is 0.118. The molecule has 3 rings (SSSR count). The smallest absolute Gasteiger partial charge is 0.252 e. The minimum atomic E-state index is -0.152. The number of hydrogen-bond donors (Lipinski definition) is 1. The number of nitrogens with one attached hydrogen (secondary N) is 1. The largest absolute Gasteiger partial charge is 0.348 e. The van der Waals surface area contributed by atoms with Crippen molar-refractivity contribution in [3.05, 3.63) is 56.7 Å². The van der Waals surface area contributed by atoms with E-state index in [1.54, 1.807) is 0 Å². The fourth-order valence-corrected chi connectivity index (χ4v) is 4.65. The number of amides is 1. The van der Waals surface area contributed by atoms with Gasteiger partial charge in [0.25, 0.3) is 5.91 Å². The molecule has 1 aromatic heterocycles. The van der Waals surface area contributed by atoms with E-state index in [1.807, 2.05) is 19.9 Å². The summed E-state index contributed by atoms with van der Waals surface area (Å²) in [6.07, 6.45) is 5.61. The molecule has 1 aromatic carbocycles. The van der Waals surface area contributed by atoms with Crippen molar-refractivity contribution in [3.8, 4) is 0 Å². The second kappa shape index (κ2) is 8.93. The first-order valence-corrected chi connectivity index (χ1v) is 11.5. The van der Waals surface area contributed by atoms with Gasteiger partial charge >= 0.3 is 0 Å². The summed E-state index contributed by atoms with van der Waals surface area (Å²) in [4.78, 5) is 25.9. The molecule has 1 N–H and O–H groups in total. The summed E-state index contributed by atoms with van der Waals surface area (Å²) in [5, 5.41) is 4.00. The molecule has 0 saturated carbocycles. The minimum Gasteiger partial charge on any atom is -0.348 e. The van der Waals surface area contributed by atoms with Crippen LogP contribution in [-0.4, -0.2) is 22.8 Å². The summed E-state index contributed by atoms with van der Waals surface area (Å²) in [7, 11) is 0. The van der Waals surface area contributed by atoms with E-state index in [4.69, 9.17) is 0 Å². The molecule has 1 amide bonds. The SMILES string of the molecule is CCC(C)C1=C(CNC(=O)c2cc(Br)cc3c2c(C)cn3C(C)C)C(=O)CC(C)=C1. The number of nitrogens with zero attached hydrogens (tertiary/aromatic N) is 1. The van der Waals surface area contributed by atoms with E-state index in [0.29, 0.717) is 18.0 Å². The Labute approximate surface area is 187 Å². The molecule has 0 fully saturated rings. The Balaban J connectivity index is 1.97. The molecule has 160 valence electrons. The van der Waals surface area contributed by atoms with Gasteiger partial charge in [-0.3, -0.25) is 9.59 Å². The molecule has 1 aliphatic carbocycles. The normalized spacial score (nSPS) is 15.7. The second-order valence-electron chi connectivity index (χ2n) is 8.68. The predicted molar refractivity (Wildman–Crippen MR) is 127 cm³/mol. The average molecular weight is 471 g/mol. The lowest BCUT2D eigenvalue weighted by Crippen LogP contribution is -2.30. The van der Waals surface area contributed by atoms with Crippen LogP contribution in [0.1, 0.15) is 69.4 Å². The first kappa shape index (κ1) is 22.5. The summed E-state index contributed by atoms with van der Waals surface area (Å²) in [6, 6.07) is 4.22. The van der Waals surface area contributed by atoms with Gasteiger partial charge in [0, 0.05) is 40.6 Å². The van der Waals surface area contributed by atoms with Crippen molar-refractivity contribution in [2.45, 2.75) is 60.4 Å². The maximum atomic E-state index is 13.2. The highest BCUT2D eigenvalue weighted by molar-refractivity contribution is 9.10. The fourth-order valence-electron chi connectivity index (χ4n) is 4.21. The Morgan fingerprint density at radius 3 is 2.57 bits per heavy atom. The van der Waals surface area contributed by atoms with Crippen LogP contribution in [0.15, 0.2) is 45.6 Å². The predicted octanol–water partition coefficient (Wildman–Crippen LogP) is 6.28. The highest BCUT2D eigenvalue weighted by Gasteiger charge is 2.24. The number of ketones is 1. The zero-order chi connectivity index (χ0) is 22.2. The maximum Gasteiger partial charge on any atom is 0.252 e. The molecule has 0 radical (unpaired) electrons. The van der Waals surface area contributed by atoms with E-state index in [2.05, 4.69) is 71.8 Å². The Morgan fingerprint density at radius 2 is 1.93 bits per heavy atom. The number of halogens is 1. The van der Waals surface area contributed by atoms with Crippen molar-refractivity contribution < 1.29 is 9.59 Å². The van der Waals surface area contributed by atoms with Crippen LogP contribution < -0.4 is 5.32 Å². The Kier molecular flexibility index (Phi) is 6.71. The van der Waals surface area contributed by atoms with Gasteiger partial charge in [-0.15, -0.1) is 0 Å². The van der Waals surface area contributed by atoms with E-state index in [0.717, 1.165) is 44.1 Å². The molecule has 1 heterocycles. The molecular weight excluding hydrogens is 440 g/mol. The number of carbonyl (C=O) groups is 2. The van der Waals surface area contributed by atoms with Gasteiger partial charge in [0.1, 0.15) is 0 Å². The summed E-state index contributed by atoms with van der Waals surface area (Å²) in [6.45, 7) is 12.8. The lowest BCUT2D eigenvalue weighted by Gasteiger charge is -2.22. The van der Waals surface area contributed by atoms with E-state index in [-0.39, 0.29) is 24.2 Å². The van der Waals surface area contributed by atoms with Gasteiger partial charge in [0.05, 0.1) is 11.1 Å². The van der Waals surface area contributed by atoms with Crippen LogP contribution in [0.2, 0.25) is 0 Å². The molecule has 2 aromatic rings. The highest BCUT2D eigenvalue weighted by atomic mass is 79.9. The molecular formula is C25H31BrN2O2. The van der Waals surface area contributed by atoms with E-state index < -0.39 is 0 Å². The lowest BCUT2D eigenvalue weighted by atomic mass is 9.84. The van der Waals surface area contributed by atoms with Gasteiger partial charge < -0.3 is 9.88 Å². The Bertz CT molecular complexity index is 1070. The quantitative estimate of drug-likeness (QED) is 0.539. The molecule has 30 heavy (non-hydrogen) atoms. The van der Waals surface area contributed by atoms with Crippen LogP contribution in [0.25, 0.3) is 10.9 Å². The summed E-state index contributed by atoms with van der Waals surface area (Å²) < 4.78 is 3.06. The van der Waals surface area contributed by atoms with Crippen LogP contribution in [0.5, 0.6) is 0 Å². The molecule has 1 aliphatic rings. The number of benzene rings is 1. The van der Waals surface area contributed by atoms with Crippen LogP contribution in [0.3, 0.4) is 0 Å². The third kappa shape index (κ3) is 4.31. The summed E-state index contributed by atoms with van der Waals surface area (Å²) in [5.74, 6) is 0.254. The second-order valence-corrected chi connectivity index (χ2v) is 9.59. The van der Waals surface area contributed by atoms with Crippen LogP contribution in [-0.2, 0) is 4.79 Å². The first-order valence-electron chi connectivity index (χ1n) is 10.7. The van der Waals surface area contributed by atoms with E-state index in [1.165, 1.54) is 0 Å². The van der Waals surface area contributed by atoms with Gasteiger partial charge in [-0.05, 0) is 63.3 Å². The maximum absolute atomic E-state index is 13.2. The van der Waals surface area contributed by atoms with Crippen molar-refractivity contribution in [1.82, 2.24) is 9.88 Å². The van der Waals surface area contributed by atoms with Crippen molar-refractivity contribution >= 4 is 38.5 Å². The highest BCUT2D eigenvalue weighted by Crippen LogP contribution is 2.31. The number of carbonyl (C=O) groups excluding carboxylic acids is 2. The van der Waals surface area contributed by atoms with Gasteiger partial charge in [0.2, 0.25) is 0 Å². The molecule has 4 nitrogen and oxygen atoms in total. The van der Waals surface area contributed by atoms with Crippen LogP contribution in [0.4, 0.5) is 0 Å². The number of Topliss-reactive ketones (excluding diaryl/α,β-unsaturated/α-hetero) is 1. The van der Waals surface area contributed by atoms with Gasteiger partial charge in [-0.2, -0.15) is 0 Å². The zero-order valence-corrected chi connectivity index (χ0v) is 20.3.